The van der Waals surface area contributed by atoms with Crippen LogP contribution >= 0.6 is 0 Å². The van der Waals surface area contributed by atoms with Crippen molar-refractivity contribution in [1.82, 2.24) is 9.97 Å². The van der Waals surface area contributed by atoms with E-state index in [-0.39, 0.29) is 11.8 Å². The van der Waals surface area contributed by atoms with E-state index < -0.39 is 12.1 Å². The van der Waals surface area contributed by atoms with E-state index >= 15 is 0 Å². The van der Waals surface area contributed by atoms with Crippen LogP contribution in [0, 0.1) is 5.82 Å². The summed E-state index contributed by atoms with van der Waals surface area (Å²) in [5.74, 6) is -0.0240. The molecule has 8 nitrogen and oxygen atoms in total. The number of aliphatic hydroxyl groups is 1. The lowest BCUT2D eigenvalue weighted by Gasteiger charge is -2.21. The first-order valence-corrected chi connectivity index (χ1v) is 8.62. The Labute approximate surface area is 156 Å². The minimum absolute atomic E-state index is 0.208. The van der Waals surface area contributed by atoms with E-state index in [1.54, 1.807) is 30.5 Å². The average Bonchev–Trinajstić information content (AvgIpc) is 2.98. The van der Waals surface area contributed by atoms with Gasteiger partial charge >= 0.3 is 0 Å². The molecule has 144 valence electrons. The molecule has 2 heterocycles. The quantitative estimate of drug-likeness (QED) is 0.453. The Kier molecular flexibility index (Phi) is 6.64. The number of ether oxygens (including phenoxy) is 2. The Morgan fingerprint density at radius 2 is 2.15 bits per heavy atom. The average molecular weight is 375 g/mol. The number of methoxy groups -OCH3 is 1. The van der Waals surface area contributed by atoms with Crippen molar-refractivity contribution in [2.45, 2.75) is 12.7 Å². The first-order valence-electron chi connectivity index (χ1n) is 8.62. The first kappa shape index (κ1) is 19.2. The second-order valence-electron chi connectivity index (χ2n) is 5.94. The number of nitrogens with one attached hydrogen (secondary N) is 1. The van der Waals surface area contributed by atoms with Crippen LogP contribution in [-0.4, -0.2) is 54.7 Å². The molecule has 27 heavy (non-hydrogen) atoms. The van der Waals surface area contributed by atoms with Crippen molar-refractivity contribution in [2.24, 2.45) is 5.10 Å². The first-order chi connectivity index (χ1) is 13.2. The fourth-order valence-electron chi connectivity index (χ4n) is 2.64. The molecule has 1 atom stereocenters. The number of halogens is 1. The summed E-state index contributed by atoms with van der Waals surface area (Å²) in [4.78, 5) is 9.99. The van der Waals surface area contributed by atoms with E-state index in [2.05, 4.69) is 20.5 Å². The molecule has 0 saturated carbocycles. The number of aromatic nitrogens is 2. The minimum Gasteiger partial charge on any atom is -0.380 e. The predicted octanol–water partition coefficient (Wildman–Crippen LogP) is 1.93. The van der Waals surface area contributed by atoms with E-state index in [9.17, 15) is 9.50 Å². The lowest BCUT2D eigenvalue weighted by Crippen LogP contribution is -2.28. The van der Waals surface area contributed by atoms with Gasteiger partial charge in [0.15, 0.2) is 17.9 Å². The molecule has 1 unspecified atom stereocenters. The molecule has 1 saturated heterocycles. The van der Waals surface area contributed by atoms with Crippen molar-refractivity contribution in [3.63, 3.8) is 0 Å². The Bertz CT molecular complexity index is 764. The van der Waals surface area contributed by atoms with Crippen molar-refractivity contribution in [3.8, 4) is 0 Å². The van der Waals surface area contributed by atoms with Gasteiger partial charge in [0, 0.05) is 32.4 Å². The zero-order valence-corrected chi connectivity index (χ0v) is 15.0. The van der Waals surface area contributed by atoms with Crippen molar-refractivity contribution < 1.29 is 19.0 Å². The van der Waals surface area contributed by atoms with Crippen LogP contribution in [0.25, 0.3) is 0 Å². The third kappa shape index (κ3) is 5.19. The fourth-order valence-corrected chi connectivity index (χ4v) is 2.64. The minimum atomic E-state index is -0.954. The predicted molar refractivity (Wildman–Crippen MR) is 99.3 cm³/mol. The summed E-state index contributed by atoms with van der Waals surface area (Å²) in [6.07, 6.45) is 2.57. The van der Waals surface area contributed by atoms with Crippen LogP contribution in [0.1, 0.15) is 23.8 Å². The maximum Gasteiger partial charge on any atom is 0.245 e. The smallest absolute Gasteiger partial charge is 0.245 e. The number of hydrazone groups is 1. The molecular weight excluding hydrogens is 353 g/mol. The normalized spacial score (nSPS) is 16.3. The van der Waals surface area contributed by atoms with Gasteiger partial charge in [0.25, 0.3) is 0 Å². The van der Waals surface area contributed by atoms with Crippen LogP contribution in [0.3, 0.4) is 0 Å². The highest BCUT2D eigenvalue weighted by Crippen LogP contribution is 2.19. The Hall–Kier alpha value is -2.62. The zero-order valence-electron chi connectivity index (χ0n) is 15.0. The molecule has 9 heteroatoms. The van der Waals surface area contributed by atoms with Gasteiger partial charge in [0.1, 0.15) is 0 Å². The van der Waals surface area contributed by atoms with Crippen molar-refractivity contribution in [2.75, 3.05) is 43.7 Å². The molecule has 0 spiro atoms. The van der Waals surface area contributed by atoms with Gasteiger partial charge < -0.3 is 19.5 Å². The second kappa shape index (κ2) is 9.36. The van der Waals surface area contributed by atoms with Gasteiger partial charge in [-0.3, -0.25) is 0 Å². The van der Waals surface area contributed by atoms with Gasteiger partial charge in [-0.25, -0.2) is 14.8 Å². The van der Waals surface area contributed by atoms with Crippen molar-refractivity contribution in [3.05, 3.63) is 47.4 Å². The molecule has 2 N–H and O–H groups in total. The SMILES string of the molecule is COC(O)c1ccc(/C=N\Nc2ncc(F)c(N3CCCOCC3)n2)cc1. The molecule has 1 fully saturated rings. The van der Waals surface area contributed by atoms with Crippen molar-refractivity contribution >= 4 is 18.0 Å². The van der Waals surface area contributed by atoms with Gasteiger partial charge in [-0.15, -0.1) is 0 Å². The van der Waals surface area contributed by atoms with Crippen molar-refractivity contribution in [1.29, 1.82) is 0 Å². The number of hydrogen-bond donors (Lipinski definition) is 2. The fraction of sp³-hybridized carbons (Fsp3) is 0.389. The third-order valence-corrected chi connectivity index (χ3v) is 4.07. The van der Waals surface area contributed by atoms with Crippen LogP contribution in [-0.2, 0) is 9.47 Å². The molecular formula is C18H22FN5O3. The highest BCUT2D eigenvalue weighted by atomic mass is 19.1. The maximum atomic E-state index is 14.1. The molecule has 1 aromatic carbocycles. The maximum absolute atomic E-state index is 14.1. The number of aliphatic hydroxyl groups excluding tert-OH is 1. The lowest BCUT2D eigenvalue weighted by molar-refractivity contribution is -0.0769. The van der Waals surface area contributed by atoms with E-state index in [4.69, 9.17) is 9.47 Å². The van der Waals surface area contributed by atoms with Gasteiger partial charge in [-0.05, 0) is 12.0 Å². The van der Waals surface area contributed by atoms with Gasteiger partial charge in [0.05, 0.1) is 19.0 Å². The number of hydrogen-bond acceptors (Lipinski definition) is 8. The Morgan fingerprint density at radius 1 is 1.33 bits per heavy atom. The molecule has 0 radical (unpaired) electrons. The van der Waals surface area contributed by atoms with E-state index in [1.807, 2.05) is 4.90 Å². The Morgan fingerprint density at radius 3 is 2.93 bits per heavy atom. The summed E-state index contributed by atoms with van der Waals surface area (Å²) >= 11 is 0. The summed E-state index contributed by atoms with van der Waals surface area (Å²) in [5.41, 5.74) is 4.17. The summed E-state index contributed by atoms with van der Waals surface area (Å²) in [6, 6.07) is 7.06. The van der Waals surface area contributed by atoms with Crippen LogP contribution in [0.5, 0.6) is 0 Å². The monoisotopic (exact) mass is 375 g/mol. The van der Waals surface area contributed by atoms with Crippen LogP contribution in [0.2, 0.25) is 0 Å². The van der Waals surface area contributed by atoms with Crippen LogP contribution in [0.4, 0.5) is 16.2 Å². The molecule has 0 amide bonds. The largest absolute Gasteiger partial charge is 0.380 e. The number of benzene rings is 1. The van der Waals surface area contributed by atoms with Gasteiger partial charge in [0.2, 0.25) is 5.95 Å². The van der Waals surface area contributed by atoms with E-state index in [1.165, 1.54) is 7.11 Å². The molecule has 1 aromatic heterocycles. The van der Waals surface area contributed by atoms with Crippen LogP contribution in [0.15, 0.2) is 35.6 Å². The number of anilines is 2. The van der Waals surface area contributed by atoms with E-state index in [0.29, 0.717) is 31.9 Å². The summed E-state index contributed by atoms with van der Waals surface area (Å²) in [7, 11) is 1.43. The molecule has 1 aliphatic rings. The summed E-state index contributed by atoms with van der Waals surface area (Å²) in [6.45, 7) is 2.46. The summed E-state index contributed by atoms with van der Waals surface area (Å²) in [5, 5.41) is 13.7. The van der Waals surface area contributed by atoms with Gasteiger partial charge in [-0.1, -0.05) is 24.3 Å². The van der Waals surface area contributed by atoms with E-state index in [0.717, 1.165) is 18.2 Å². The molecule has 3 rings (SSSR count). The standard InChI is InChI=1S/C18H22FN5O3/c1-26-17(25)14-5-3-13(4-6-14)11-21-23-18-20-12-15(19)16(22-18)24-7-2-9-27-10-8-24/h3-6,11-12,17,25H,2,7-10H2,1H3,(H,20,22,23)/b21-11-. The molecule has 2 aromatic rings. The molecule has 0 aliphatic carbocycles. The topological polar surface area (TPSA) is 92.1 Å². The van der Waals surface area contributed by atoms with Crippen LogP contribution < -0.4 is 10.3 Å². The Balaban J connectivity index is 1.65. The molecule has 1 aliphatic heterocycles. The second-order valence-corrected chi connectivity index (χ2v) is 5.94. The van der Waals surface area contributed by atoms with Gasteiger partial charge in [-0.2, -0.15) is 10.1 Å². The highest BCUT2D eigenvalue weighted by molar-refractivity contribution is 5.80. The number of rotatable bonds is 6. The summed E-state index contributed by atoms with van der Waals surface area (Å²) < 4.78 is 24.3. The highest BCUT2D eigenvalue weighted by Gasteiger charge is 2.16. The number of nitrogens with zero attached hydrogens (tertiary/aromatic N) is 4. The zero-order chi connectivity index (χ0) is 19.1. The third-order valence-electron chi connectivity index (χ3n) is 4.07. The lowest BCUT2D eigenvalue weighted by atomic mass is 10.1. The molecule has 0 bridgehead atoms.